The summed E-state index contributed by atoms with van der Waals surface area (Å²) in [6, 6.07) is -1.25. The van der Waals surface area contributed by atoms with Gasteiger partial charge in [0, 0.05) is 23.8 Å². The van der Waals surface area contributed by atoms with Crippen LogP contribution in [-0.4, -0.2) is 59.1 Å². The number of fused-ring (bicyclic) bond motifs is 1. The summed E-state index contributed by atoms with van der Waals surface area (Å²) in [5.74, 6) is -2.22. The summed E-state index contributed by atoms with van der Waals surface area (Å²) in [4.78, 5) is 22.6. The van der Waals surface area contributed by atoms with Gasteiger partial charge in [-0.15, -0.1) is 11.8 Å². The number of carbonyl (C=O) groups is 2. The Balaban J connectivity index is 1.88. The number of thioether (sulfide) groups is 1. The van der Waals surface area contributed by atoms with Crippen LogP contribution in [0.5, 0.6) is 0 Å². The van der Waals surface area contributed by atoms with Gasteiger partial charge in [-0.2, -0.15) is 0 Å². The fourth-order valence-electron chi connectivity index (χ4n) is 2.75. The van der Waals surface area contributed by atoms with E-state index in [0.717, 1.165) is 0 Å². The summed E-state index contributed by atoms with van der Waals surface area (Å²) in [7, 11) is 0. The molecule has 6 nitrogen and oxygen atoms in total. The number of carbonyl (C=O) groups excluding carboxylic acids is 1. The number of halogens is 2. The predicted molar refractivity (Wildman–Crippen MR) is 74.3 cm³/mol. The standard InChI is InChI=1S/C12H19F2N3O3S/c13-10(14)5-1-2-16-7-3-8(21-9(5)7)11(18)17-4-6(15)12(19)20/h5-10,16H,1-4,15H2,(H,17,18)(H,19,20)/t5?,6-,7?,8?,9?/m1/s1. The Hall–Kier alpha value is -0.930. The molecule has 1 amide bonds. The second-order valence-corrected chi connectivity index (χ2v) is 6.75. The molecule has 0 aromatic carbocycles. The van der Waals surface area contributed by atoms with Crippen LogP contribution in [0.4, 0.5) is 8.78 Å². The van der Waals surface area contributed by atoms with Crippen molar-refractivity contribution in [1.29, 1.82) is 0 Å². The first-order valence-corrected chi connectivity index (χ1v) is 7.77. The van der Waals surface area contributed by atoms with Gasteiger partial charge in [-0.1, -0.05) is 0 Å². The molecule has 0 saturated carbocycles. The Bertz CT molecular complexity index is 413. The number of hydrogen-bond donors (Lipinski definition) is 4. The maximum atomic E-state index is 13.0. The summed E-state index contributed by atoms with van der Waals surface area (Å²) < 4.78 is 26.0. The molecule has 0 aliphatic carbocycles. The van der Waals surface area contributed by atoms with Gasteiger partial charge < -0.3 is 21.5 Å². The molecule has 120 valence electrons. The Morgan fingerprint density at radius 3 is 2.81 bits per heavy atom. The van der Waals surface area contributed by atoms with E-state index < -0.39 is 29.6 Å². The van der Waals surface area contributed by atoms with Gasteiger partial charge in [-0.25, -0.2) is 8.78 Å². The van der Waals surface area contributed by atoms with Gasteiger partial charge in [0.15, 0.2) is 0 Å². The molecule has 4 unspecified atom stereocenters. The number of piperidine rings is 1. The number of alkyl halides is 2. The van der Waals surface area contributed by atoms with Crippen molar-refractivity contribution in [2.75, 3.05) is 13.1 Å². The normalized spacial score (nSPS) is 33.5. The molecule has 9 heteroatoms. The van der Waals surface area contributed by atoms with E-state index in [2.05, 4.69) is 10.6 Å². The number of aliphatic carboxylic acids is 1. The molecule has 0 bridgehead atoms. The highest BCUT2D eigenvalue weighted by molar-refractivity contribution is 8.01. The molecule has 2 rings (SSSR count). The van der Waals surface area contributed by atoms with Crippen molar-refractivity contribution < 1.29 is 23.5 Å². The van der Waals surface area contributed by atoms with Crippen LogP contribution in [0.15, 0.2) is 0 Å². The molecule has 0 aromatic heterocycles. The zero-order chi connectivity index (χ0) is 15.6. The van der Waals surface area contributed by atoms with E-state index in [0.29, 0.717) is 19.4 Å². The second-order valence-electron chi connectivity index (χ2n) is 5.36. The van der Waals surface area contributed by atoms with E-state index in [-0.39, 0.29) is 23.7 Å². The summed E-state index contributed by atoms with van der Waals surface area (Å²) >= 11 is 1.26. The number of carboxylic acid groups (broad SMARTS) is 1. The van der Waals surface area contributed by atoms with E-state index in [1.54, 1.807) is 0 Å². The number of nitrogens with one attached hydrogen (secondary N) is 2. The monoisotopic (exact) mass is 323 g/mol. The number of hydrogen-bond acceptors (Lipinski definition) is 5. The Kier molecular flexibility index (Phi) is 5.39. The SMILES string of the molecule is N[C@H](CNC(=O)C1CC2NCCC(C(F)F)C2S1)C(=O)O. The van der Waals surface area contributed by atoms with Gasteiger partial charge >= 0.3 is 5.97 Å². The zero-order valence-electron chi connectivity index (χ0n) is 11.3. The number of carboxylic acids is 1. The van der Waals surface area contributed by atoms with E-state index in [1.165, 1.54) is 11.8 Å². The van der Waals surface area contributed by atoms with Gasteiger partial charge in [0.05, 0.1) is 5.25 Å². The van der Waals surface area contributed by atoms with Crippen molar-refractivity contribution in [2.24, 2.45) is 11.7 Å². The van der Waals surface area contributed by atoms with Gasteiger partial charge in [0.25, 0.3) is 0 Å². The lowest BCUT2D eigenvalue weighted by Gasteiger charge is -2.33. The van der Waals surface area contributed by atoms with Crippen LogP contribution in [0.2, 0.25) is 0 Å². The summed E-state index contributed by atoms with van der Waals surface area (Å²) in [6.45, 7) is 0.376. The Labute approximate surface area is 125 Å². The van der Waals surface area contributed by atoms with Crippen LogP contribution in [0.3, 0.4) is 0 Å². The highest BCUT2D eigenvalue weighted by Gasteiger charge is 2.46. The van der Waals surface area contributed by atoms with E-state index in [9.17, 15) is 18.4 Å². The second kappa shape index (κ2) is 6.89. The minimum Gasteiger partial charge on any atom is -0.480 e. The first-order chi connectivity index (χ1) is 9.90. The number of rotatable bonds is 5. The Morgan fingerprint density at radius 1 is 1.48 bits per heavy atom. The summed E-state index contributed by atoms with van der Waals surface area (Å²) in [5.41, 5.74) is 5.31. The van der Waals surface area contributed by atoms with Crippen molar-refractivity contribution in [3.05, 3.63) is 0 Å². The zero-order valence-corrected chi connectivity index (χ0v) is 12.1. The fraction of sp³-hybridized carbons (Fsp3) is 0.833. The van der Waals surface area contributed by atoms with Crippen LogP contribution < -0.4 is 16.4 Å². The third-order valence-electron chi connectivity index (χ3n) is 3.92. The number of amides is 1. The van der Waals surface area contributed by atoms with Crippen molar-refractivity contribution in [1.82, 2.24) is 10.6 Å². The molecular weight excluding hydrogens is 304 g/mol. The highest BCUT2D eigenvalue weighted by atomic mass is 32.2. The molecule has 2 heterocycles. The summed E-state index contributed by atoms with van der Waals surface area (Å²) in [5, 5.41) is 13.6. The molecule has 2 fully saturated rings. The van der Waals surface area contributed by atoms with E-state index in [4.69, 9.17) is 10.8 Å². The molecular formula is C12H19F2N3O3S. The quantitative estimate of drug-likeness (QED) is 0.550. The van der Waals surface area contributed by atoms with Gasteiger partial charge in [-0.3, -0.25) is 9.59 Å². The van der Waals surface area contributed by atoms with Crippen molar-refractivity contribution in [3.8, 4) is 0 Å². The molecule has 2 saturated heterocycles. The van der Waals surface area contributed by atoms with Crippen LogP contribution in [0, 0.1) is 5.92 Å². The molecule has 21 heavy (non-hydrogen) atoms. The fourth-order valence-corrected chi connectivity index (χ4v) is 4.51. The maximum absolute atomic E-state index is 13.0. The molecule has 2 aliphatic heterocycles. The maximum Gasteiger partial charge on any atom is 0.322 e. The van der Waals surface area contributed by atoms with Crippen molar-refractivity contribution in [3.63, 3.8) is 0 Å². The predicted octanol–water partition coefficient (Wildman–Crippen LogP) is -0.368. The third kappa shape index (κ3) is 3.83. The molecule has 5 N–H and O–H groups in total. The van der Waals surface area contributed by atoms with Crippen LogP contribution in [0.25, 0.3) is 0 Å². The lowest BCUT2D eigenvalue weighted by atomic mass is 9.90. The molecule has 5 atom stereocenters. The lowest BCUT2D eigenvalue weighted by Crippen LogP contribution is -2.47. The van der Waals surface area contributed by atoms with Crippen molar-refractivity contribution in [2.45, 2.75) is 41.9 Å². The van der Waals surface area contributed by atoms with Crippen molar-refractivity contribution >= 4 is 23.6 Å². The van der Waals surface area contributed by atoms with Crippen LogP contribution in [0.1, 0.15) is 12.8 Å². The average Bonchev–Trinajstić information content (AvgIpc) is 2.87. The first-order valence-electron chi connectivity index (χ1n) is 6.83. The lowest BCUT2D eigenvalue weighted by molar-refractivity contribution is -0.138. The van der Waals surface area contributed by atoms with Crippen LogP contribution >= 0.6 is 11.8 Å². The molecule has 0 radical (unpaired) electrons. The van der Waals surface area contributed by atoms with Gasteiger partial charge in [0.1, 0.15) is 6.04 Å². The number of nitrogens with two attached hydrogens (primary N) is 1. The highest BCUT2D eigenvalue weighted by Crippen LogP contribution is 2.43. The molecule has 2 aliphatic rings. The average molecular weight is 323 g/mol. The first kappa shape index (κ1) is 16.4. The van der Waals surface area contributed by atoms with E-state index in [1.807, 2.05) is 0 Å². The molecule has 0 aromatic rings. The topological polar surface area (TPSA) is 104 Å². The minimum absolute atomic E-state index is 0.0911. The smallest absolute Gasteiger partial charge is 0.322 e. The largest absolute Gasteiger partial charge is 0.480 e. The third-order valence-corrected chi connectivity index (χ3v) is 5.65. The van der Waals surface area contributed by atoms with Crippen LogP contribution in [-0.2, 0) is 9.59 Å². The molecule has 0 spiro atoms. The van der Waals surface area contributed by atoms with Gasteiger partial charge in [0.2, 0.25) is 12.3 Å². The van der Waals surface area contributed by atoms with Gasteiger partial charge in [-0.05, 0) is 19.4 Å². The summed E-state index contributed by atoms with van der Waals surface area (Å²) in [6.07, 6.45) is -1.49. The van der Waals surface area contributed by atoms with E-state index >= 15 is 0 Å². The Morgan fingerprint density at radius 2 is 2.19 bits per heavy atom. The minimum atomic E-state index is -2.38.